The van der Waals surface area contributed by atoms with Crippen molar-refractivity contribution in [1.82, 2.24) is 14.5 Å². The second-order valence-corrected chi connectivity index (χ2v) is 7.13. The smallest absolute Gasteiger partial charge is 0.263 e. The van der Waals surface area contributed by atoms with Gasteiger partial charge in [-0.3, -0.25) is 9.36 Å². The van der Waals surface area contributed by atoms with E-state index in [2.05, 4.69) is 23.7 Å². The quantitative estimate of drug-likeness (QED) is 0.670. The zero-order chi connectivity index (χ0) is 18.5. The molecule has 2 heterocycles. The number of rotatable bonds is 6. The van der Waals surface area contributed by atoms with Crippen LogP contribution < -0.4 is 10.4 Å². The Bertz CT molecular complexity index is 1000. The molecule has 0 atom stereocenters. The highest BCUT2D eigenvalue weighted by Crippen LogP contribution is 2.13. The number of nitrogens with zero attached hydrogens (tertiary/aromatic N) is 4. The fourth-order valence-corrected chi connectivity index (χ4v) is 3.79. The summed E-state index contributed by atoms with van der Waals surface area (Å²) < 4.78 is 1.78. The van der Waals surface area contributed by atoms with Gasteiger partial charge < -0.3 is 4.90 Å². The van der Waals surface area contributed by atoms with Crippen LogP contribution in [0.5, 0.6) is 0 Å². The standard InChI is InChI=1S/C20H24N4OS/c1-4-23(5-2)13-14-24-19(25)17-7-6-12-21-18(17)26-20(24)22-16-10-8-15(3)9-11-16/h6-12H,4-5,13-14H2,1-3H3. The molecule has 0 bridgehead atoms. The minimum Gasteiger partial charge on any atom is -0.302 e. The molecule has 3 aromatic rings. The second kappa shape index (κ2) is 8.38. The van der Waals surface area contributed by atoms with E-state index in [4.69, 9.17) is 4.99 Å². The lowest BCUT2D eigenvalue weighted by atomic mass is 10.2. The van der Waals surface area contributed by atoms with Gasteiger partial charge in [-0.25, -0.2) is 9.98 Å². The van der Waals surface area contributed by atoms with Crippen LogP contribution in [-0.2, 0) is 6.54 Å². The Morgan fingerprint density at radius 1 is 1.15 bits per heavy atom. The summed E-state index contributed by atoms with van der Waals surface area (Å²) in [5.41, 5.74) is 2.01. The van der Waals surface area contributed by atoms with E-state index in [-0.39, 0.29) is 5.56 Å². The first kappa shape index (κ1) is 18.5. The summed E-state index contributed by atoms with van der Waals surface area (Å²) >= 11 is 1.46. The van der Waals surface area contributed by atoms with Crippen molar-refractivity contribution < 1.29 is 0 Å². The number of pyridine rings is 1. The van der Waals surface area contributed by atoms with Crippen molar-refractivity contribution in [2.45, 2.75) is 27.3 Å². The number of hydrogen-bond acceptors (Lipinski definition) is 5. The van der Waals surface area contributed by atoms with Gasteiger partial charge in [0, 0.05) is 19.3 Å². The summed E-state index contributed by atoms with van der Waals surface area (Å²) in [5, 5.41) is 0.653. The third-order valence-electron chi connectivity index (χ3n) is 4.46. The molecule has 26 heavy (non-hydrogen) atoms. The summed E-state index contributed by atoms with van der Waals surface area (Å²) in [6.07, 6.45) is 1.72. The maximum absolute atomic E-state index is 13.0. The summed E-state index contributed by atoms with van der Waals surface area (Å²) in [5.74, 6) is 0. The van der Waals surface area contributed by atoms with Gasteiger partial charge in [-0.2, -0.15) is 0 Å². The Balaban J connectivity index is 2.14. The van der Waals surface area contributed by atoms with Gasteiger partial charge in [0.15, 0.2) is 4.80 Å². The molecule has 0 unspecified atom stereocenters. The highest BCUT2D eigenvalue weighted by Gasteiger charge is 2.09. The van der Waals surface area contributed by atoms with Gasteiger partial charge in [-0.05, 0) is 44.3 Å². The lowest BCUT2D eigenvalue weighted by molar-refractivity contribution is 0.288. The molecule has 0 radical (unpaired) electrons. The Hall–Kier alpha value is -2.31. The lowest BCUT2D eigenvalue weighted by Crippen LogP contribution is -2.37. The maximum Gasteiger partial charge on any atom is 0.263 e. The van der Waals surface area contributed by atoms with Gasteiger partial charge in [-0.15, -0.1) is 0 Å². The summed E-state index contributed by atoms with van der Waals surface area (Å²) in [6, 6.07) is 11.7. The number of benzene rings is 1. The van der Waals surface area contributed by atoms with Crippen molar-refractivity contribution in [1.29, 1.82) is 0 Å². The number of likely N-dealkylation sites (N-methyl/N-ethyl adjacent to an activating group) is 1. The number of aromatic nitrogens is 2. The highest BCUT2D eigenvalue weighted by atomic mass is 32.1. The topological polar surface area (TPSA) is 50.5 Å². The predicted octanol–water partition coefficient (Wildman–Crippen LogP) is 3.34. The molecule has 0 saturated heterocycles. The van der Waals surface area contributed by atoms with E-state index in [0.29, 0.717) is 16.7 Å². The summed E-state index contributed by atoms with van der Waals surface area (Å²) in [4.78, 5) is 25.9. The van der Waals surface area contributed by atoms with E-state index in [1.165, 1.54) is 16.9 Å². The molecule has 136 valence electrons. The molecule has 0 aliphatic rings. The highest BCUT2D eigenvalue weighted by molar-refractivity contribution is 7.15. The average Bonchev–Trinajstić information content (AvgIpc) is 2.66. The molecule has 6 heteroatoms. The molecule has 1 aromatic carbocycles. The molecule has 3 rings (SSSR count). The van der Waals surface area contributed by atoms with Gasteiger partial charge in [0.1, 0.15) is 4.83 Å². The Labute approximate surface area is 157 Å². The van der Waals surface area contributed by atoms with Gasteiger partial charge in [0.2, 0.25) is 0 Å². The number of fused-ring (bicyclic) bond motifs is 1. The van der Waals surface area contributed by atoms with Crippen LogP contribution in [0.3, 0.4) is 0 Å². The van der Waals surface area contributed by atoms with Crippen LogP contribution in [0.15, 0.2) is 52.4 Å². The van der Waals surface area contributed by atoms with Crippen LogP contribution in [0.25, 0.3) is 10.2 Å². The molecule has 0 saturated carbocycles. The van der Waals surface area contributed by atoms with Gasteiger partial charge >= 0.3 is 0 Å². The van der Waals surface area contributed by atoms with Crippen LogP contribution in [0.2, 0.25) is 0 Å². The van der Waals surface area contributed by atoms with Crippen molar-refractivity contribution in [2.75, 3.05) is 19.6 Å². The molecule has 0 aliphatic carbocycles. The molecular weight excluding hydrogens is 344 g/mol. The van der Waals surface area contributed by atoms with Crippen molar-refractivity contribution in [3.8, 4) is 0 Å². The molecule has 0 aliphatic heterocycles. The second-order valence-electron chi connectivity index (χ2n) is 6.17. The maximum atomic E-state index is 13.0. The van der Waals surface area contributed by atoms with Gasteiger partial charge in [-0.1, -0.05) is 42.9 Å². The molecule has 2 aromatic heterocycles. The zero-order valence-corrected chi connectivity index (χ0v) is 16.3. The number of aryl methyl sites for hydroxylation is 1. The van der Waals surface area contributed by atoms with E-state index >= 15 is 0 Å². The SMILES string of the molecule is CCN(CC)CCn1c(=Nc2ccc(C)cc2)sc2ncccc2c1=O. The molecule has 0 spiro atoms. The Morgan fingerprint density at radius 2 is 1.88 bits per heavy atom. The Morgan fingerprint density at radius 3 is 2.58 bits per heavy atom. The van der Waals surface area contributed by atoms with Gasteiger partial charge in [0.05, 0.1) is 11.1 Å². The van der Waals surface area contributed by atoms with Crippen molar-refractivity contribution >= 4 is 27.2 Å². The largest absolute Gasteiger partial charge is 0.302 e. The summed E-state index contributed by atoms with van der Waals surface area (Å²) in [7, 11) is 0. The van der Waals surface area contributed by atoms with Crippen molar-refractivity contribution in [2.24, 2.45) is 4.99 Å². The number of hydrogen-bond donors (Lipinski definition) is 0. The zero-order valence-electron chi connectivity index (χ0n) is 15.5. The first-order chi connectivity index (χ1) is 12.6. The molecule has 0 fully saturated rings. The fourth-order valence-electron chi connectivity index (χ4n) is 2.80. The molecule has 5 nitrogen and oxygen atoms in total. The van der Waals surface area contributed by atoms with Crippen LogP contribution in [0.1, 0.15) is 19.4 Å². The van der Waals surface area contributed by atoms with Crippen LogP contribution in [0.4, 0.5) is 5.69 Å². The minimum absolute atomic E-state index is 0.0233. The minimum atomic E-state index is -0.0233. The Kier molecular flexibility index (Phi) is 5.96. The molecule has 0 N–H and O–H groups in total. The fraction of sp³-hybridized carbons (Fsp3) is 0.350. The first-order valence-corrected chi connectivity index (χ1v) is 9.76. The monoisotopic (exact) mass is 368 g/mol. The molecular formula is C20H24N4OS. The first-order valence-electron chi connectivity index (χ1n) is 8.94. The van der Waals surface area contributed by atoms with Crippen LogP contribution in [-0.4, -0.2) is 34.1 Å². The van der Waals surface area contributed by atoms with Crippen molar-refractivity contribution in [3.63, 3.8) is 0 Å². The van der Waals surface area contributed by atoms with E-state index in [9.17, 15) is 4.79 Å². The predicted molar refractivity (Wildman–Crippen MR) is 108 cm³/mol. The third-order valence-corrected chi connectivity index (χ3v) is 5.47. The van der Waals surface area contributed by atoms with E-state index in [1.807, 2.05) is 43.3 Å². The van der Waals surface area contributed by atoms with E-state index < -0.39 is 0 Å². The normalized spacial score (nSPS) is 12.2. The van der Waals surface area contributed by atoms with Crippen LogP contribution >= 0.6 is 11.3 Å². The van der Waals surface area contributed by atoms with E-state index in [1.54, 1.807) is 10.8 Å². The van der Waals surface area contributed by atoms with E-state index in [0.717, 1.165) is 30.2 Å². The van der Waals surface area contributed by atoms with Gasteiger partial charge in [0.25, 0.3) is 5.56 Å². The average molecular weight is 369 g/mol. The summed E-state index contributed by atoms with van der Waals surface area (Å²) in [6.45, 7) is 9.69. The molecule has 0 amide bonds. The van der Waals surface area contributed by atoms with Crippen molar-refractivity contribution in [3.05, 3.63) is 63.3 Å². The van der Waals surface area contributed by atoms with Crippen LogP contribution in [0, 0.1) is 6.92 Å². The lowest BCUT2D eigenvalue weighted by Gasteiger charge is -2.18. The third kappa shape index (κ3) is 4.08.